The molecular weight excluding hydrogens is 537 g/mol. The smallest absolute Gasteiger partial charge is 0.245 e. The molecule has 5 heterocycles. The summed E-state index contributed by atoms with van der Waals surface area (Å²) in [6.07, 6.45) is 10.3. The fraction of sp³-hybridized carbons (Fsp3) is 0.355. The van der Waals surface area contributed by atoms with Gasteiger partial charge in [-0.3, -0.25) is 4.79 Å². The van der Waals surface area contributed by atoms with E-state index in [0.717, 1.165) is 55.5 Å². The van der Waals surface area contributed by atoms with Crippen LogP contribution in [-0.4, -0.2) is 70.1 Å². The average molecular weight is 572 g/mol. The first kappa shape index (κ1) is 27.6. The molecule has 3 aromatic heterocycles. The second-order valence-electron chi connectivity index (χ2n) is 10.7. The number of halogens is 1. The molecule has 218 valence electrons. The van der Waals surface area contributed by atoms with Crippen molar-refractivity contribution >= 4 is 34.3 Å². The van der Waals surface area contributed by atoms with E-state index in [4.69, 9.17) is 9.47 Å². The van der Waals surface area contributed by atoms with Crippen molar-refractivity contribution in [2.24, 2.45) is 0 Å². The van der Waals surface area contributed by atoms with E-state index in [1.54, 1.807) is 31.5 Å². The minimum atomic E-state index is -0.471. The van der Waals surface area contributed by atoms with E-state index in [2.05, 4.69) is 36.7 Å². The summed E-state index contributed by atoms with van der Waals surface area (Å²) in [6, 6.07) is 8.34. The monoisotopic (exact) mass is 571 g/mol. The van der Waals surface area contributed by atoms with E-state index in [9.17, 15) is 4.79 Å². The van der Waals surface area contributed by atoms with Gasteiger partial charge in [-0.15, -0.1) is 0 Å². The van der Waals surface area contributed by atoms with Crippen LogP contribution in [0.4, 0.5) is 21.7 Å². The first-order valence-electron chi connectivity index (χ1n) is 14.2. The Morgan fingerprint density at radius 1 is 1.12 bits per heavy atom. The number of benzene rings is 1. The number of nitrogens with one attached hydrogen (secondary N) is 2. The number of ether oxygens (including phenoxy) is 2. The number of nitrogens with zero attached hydrogens (tertiary/aromatic N) is 5. The maximum absolute atomic E-state index is 15.4. The molecule has 0 saturated carbocycles. The molecular formula is C31H34FN7O3. The molecule has 1 atom stereocenters. The molecule has 1 aromatic carbocycles. The maximum atomic E-state index is 15.4. The Morgan fingerprint density at radius 3 is 2.74 bits per heavy atom. The standard InChI is InChI=1S/C31H34FN7O3/c1-3-28(40)38-13-9-20(10-14-38)24-17-34-30-29(24)31(36-19-35-30)37-26-7-6-21(15-25(26)32)42-22-8-11-33-27(16-22)39-12-4-5-23(18-39)41-2/h3,6-8,11,15-17,19-20,23H,1,4-5,9-10,12-14,18H2,2H3,(H2,34,35,36,37)/t23-/m1/s1. The zero-order valence-electron chi connectivity index (χ0n) is 23.6. The van der Waals surface area contributed by atoms with Gasteiger partial charge in [-0.2, -0.15) is 0 Å². The highest BCUT2D eigenvalue weighted by molar-refractivity contribution is 5.92. The van der Waals surface area contributed by atoms with Crippen LogP contribution in [0.15, 0.2) is 61.7 Å². The molecule has 2 fully saturated rings. The predicted molar refractivity (Wildman–Crippen MR) is 159 cm³/mol. The number of methoxy groups -OCH3 is 1. The highest BCUT2D eigenvalue weighted by Crippen LogP contribution is 2.37. The summed E-state index contributed by atoms with van der Waals surface area (Å²) in [5, 5.41) is 3.98. The van der Waals surface area contributed by atoms with Crippen LogP contribution in [0.2, 0.25) is 0 Å². The third-order valence-electron chi connectivity index (χ3n) is 8.10. The van der Waals surface area contributed by atoms with E-state index in [-0.39, 0.29) is 23.6 Å². The van der Waals surface area contributed by atoms with E-state index >= 15 is 4.39 Å². The Kier molecular flexibility index (Phi) is 8.00. The van der Waals surface area contributed by atoms with Crippen molar-refractivity contribution in [2.75, 3.05) is 43.5 Å². The lowest BCUT2D eigenvalue weighted by molar-refractivity contribution is -0.127. The Labute approximate surface area is 243 Å². The van der Waals surface area contributed by atoms with Crippen LogP contribution < -0.4 is 15.0 Å². The fourth-order valence-electron chi connectivity index (χ4n) is 5.84. The van der Waals surface area contributed by atoms with E-state index in [1.807, 2.05) is 17.2 Å². The van der Waals surface area contributed by atoms with Crippen LogP contribution in [-0.2, 0) is 9.53 Å². The molecule has 10 nitrogen and oxygen atoms in total. The van der Waals surface area contributed by atoms with Gasteiger partial charge in [0.1, 0.15) is 40.9 Å². The largest absolute Gasteiger partial charge is 0.457 e. The van der Waals surface area contributed by atoms with Gasteiger partial charge in [0.2, 0.25) is 5.91 Å². The quantitative estimate of drug-likeness (QED) is 0.266. The topological polar surface area (TPSA) is 108 Å². The number of carbonyl (C=O) groups excluding carboxylic acids is 1. The first-order valence-corrected chi connectivity index (χ1v) is 14.2. The zero-order chi connectivity index (χ0) is 29.1. The molecule has 0 spiro atoms. The van der Waals surface area contributed by atoms with Crippen molar-refractivity contribution in [3.8, 4) is 11.5 Å². The molecule has 0 radical (unpaired) electrons. The number of hydrogen-bond donors (Lipinski definition) is 2. The lowest BCUT2D eigenvalue weighted by atomic mass is 9.89. The molecule has 2 aliphatic rings. The van der Waals surface area contributed by atoms with Crippen molar-refractivity contribution in [1.29, 1.82) is 0 Å². The summed E-state index contributed by atoms with van der Waals surface area (Å²) >= 11 is 0. The summed E-state index contributed by atoms with van der Waals surface area (Å²) in [7, 11) is 1.73. The van der Waals surface area contributed by atoms with Crippen LogP contribution in [0.1, 0.15) is 37.2 Å². The van der Waals surface area contributed by atoms with E-state index in [1.165, 1.54) is 18.5 Å². The SMILES string of the molecule is C=CC(=O)N1CCC(c2c[nH]c3ncnc(Nc4ccc(Oc5ccnc(N6CCC[C@@H](OC)C6)c5)cc4F)c23)CC1. The van der Waals surface area contributed by atoms with Crippen LogP contribution in [0.3, 0.4) is 0 Å². The summed E-state index contributed by atoms with van der Waals surface area (Å²) in [5.74, 6) is 1.97. The number of likely N-dealkylation sites (tertiary alicyclic amines) is 1. The molecule has 6 rings (SSSR count). The molecule has 0 aliphatic carbocycles. The predicted octanol–water partition coefficient (Wildman–Crippen LogP) is 5.54. The number of hydrogen-bond acceptors (Lipinski definition) is 8. The first-order chi connectivity index (χ1) is 20.5. The molecule has 2 N–H and O–H groups in total. The number of H-pyrrole nitrogens is 1. The number of amides is 1. The second-order valence-corrected chi connectivity index (χ2v) is 10.7. The number of aromatic nitrogens is 4. The fourth-order valence-corrected chi connectivity index (χ4v) is 5.84. The molecule has 0 unspecified atom stereocenters. The normalized spacial score (nSPS) is 17.8. The van der Waals surface area contributed by atoms with Crippen molar-refractivity contribution < 1.29 is 18.7 Å². The van der Waals surface area contributed by atoms with Gasteiger partial charge in [-0.05, 0) is 61.4 Å². The van der Waals surface area contributed by atoms with Gasteiger partial charge in [0, 0.05) is 57.8 Å². The van der Waals surface area contributed by atoms with Gasteiger partial charge in [0.05, 0.1) is 17.2 Å². The van der Waals surface area contributed by atoms with Gasteiger partial charge in [-0.1, -0.05) is 6.58 Å². The van der Waals surface area contributed by atoms with E-state index < -0.39 is 5.82 Å². The Bertz CT molecular complexity index is 1580. The summed E-state index contributed by atoms with van der Waals surface area (Å²) < 4.78 is 26.9. The molecule has 11 heteroatoms. The van der Waals surface area contributed by atoms with Crippen molar-refractivity contribution in [2.45, 2.75) is 37.7 Å². The highest BCUT2D eigenvalue weighted by atomic mass is 19.1. The third kappa shape index (κ3) is 5.78. The third-order valence-corrected chi connectivity index (χ3v) is 8.10. The van der Waals surface area contributed by atoms with Crippen molar-refractivity contribution in [3.63, 3.8) is 0 Å². The summed E-state index contributed by atoms with van der Waals surface area (Å²) in [4.78, 5) is 32.5. The van der Waals surface area contributed by atoms with E-state index in [0.29, 0.717) is 36.1 Å². The van der Waals surface area contributed by atoms with Crippen LogP contribution >= 0.6 is 0 Å². The molecule has 2 saturated heterocycles. The Hall–Kier alpha value is -4.51. The number of piperidine rings is 2. The molecule has 1 amide bonds. The number of pyridine rings is 1. The lowest BCUT2D eigenvalue weighted by Gasteiger charge is -2.32. The Morgan fingerprint density at radius 2 is 1.95 bits per heavy atom. The zero-order valence-corrected chi connectivity index (χ0v) is 23.6. The minimum Gasteiger partial charge on any atom is -0.457 e. The summed E-state index contributed by atoms with van der Waals surface area (Å²) in [6.45, 7) is 6.57. The van der Waals surface area contributed by atoms with Gasteiger partial charge in [0.25, 0.3) is 0 Å². The molecule has 4 aromatic rings. The summed E-state index contributed by atoms with van der Waals surface area (Å²) in [5.41, 5.74) is 2.00. The Balaban J connectivity index is 1.17. The molecule has 42 heavy (non-hydrogen) atoms. The molecule has 0 bridgehead atoms. The van der Waals surface area contributed by atoms with Crippen LogP contribution in [0.5, 0.6) is 11.5 Å². The van der Waals surface area contributed by atoms with Gasteiger partial charge >= 0.3 is 0 Å². The number of rotatable bonds is 8. The minimum absolute atomic E-state index is 0.0486. The van der Waals surface area contributed by atoms with Crippen LogP contribution in [0.25, 0.3) is 11.0 Å². The van der Waals surface area contributed by atoms with Gasteiger partial charge in [0.15, 0.2) is 0 Å². The highest BCUT2D eigenvalue weighted by Gasteiger charge is 2.26. The second kappa shape index (κ2) is 12.2. The number of anilines is 3. The maximum Gasteiger partial charge on any atom is 0.245 e. The number of carbonyl (C=O) groups is 1. The average Bonchev–Trinajstić information content (AvgIpc) is 3.47. The number of aromatic amines is 1. The number of fused-ring (bicyclic) bond motifs is 1. The van der Waals surface area contributed by atoms with Crippen molar-refractivity contribution in [1.82, 2.24) is 24.8 Å². The van der Waals surface area contributed by atoms with Gasteiger partial charge in [-0.25, -0.2) is 19.3 Å². The van der Waals surface area contributed by atoms with Crippen molar-refractivity contribution in [3.05, 3.63) is 73.1 Å². The lowest BCUT2D eigenvalue weighted by Crippen LogP contribution is -2.39. The van der Waals surface area contributed by atoms with Gasteiger partial charge < -0.3 is 29.6 Å². The van der Waals surface area contributed by atoms with Crippen LogP contribution in [0, 0.1) is 5.82 Å². The molecule has 2 aliphatic heterocycles.